The van der Waals surface area contributed by atoms with E-state index in [9.17, 15) is 9.59 Å². The molecule has 8 heteroatoms. The second-order valence-corrected chi connectivity index (χ2v) is 8.35. The van der Waals surface area contributed by atoms with Gasteiger partial charge in [-0.25, -0.2) is 0 Å². The Hall–Kier alpha value is -2.35. The van der Waals surface area contributed by atoms with Crippen molar-refractivity contribution in [1.82, 2.24) is 10.4 Å². The lowest BCUT2D eigenvalue weighted by atomic mass is 10.2. The molecular formula is C21H19ClN2O3S2. The summed E-state index contributed by atoms with van der Waals surface area (Å²) in [6, 6.07) is 13.9. The van der Waals surface area contributed by atoms with Crippen LogP contribution in [0.1, 0.15) is 35.7 Å². The minimum absolute atomic E-state index is 0.263. The molecule has 0 spiro atoms. The van der Waals surface area contributed by atoms with Crippen molar-refractivity contribution in [3.8, 4) is 5.75 Å². The standard InChI is InChI=1S/C21H19ClN2O3S2/c1-2-3-11-27-17-6-4-5-14(12-17)13-18-20(26)24(21(28)29-18)23-19(25)15-7-9-16(22)10-8-15/h4-10,12-13H,2-3,11H2,1H3,(H,23,25)/b18-13+. The minimum atomic E-state index is -0.439. The van der Waals surface area contributed by atoms with Crippen LogP contribution < -0.4 is 10.2 Å². The maximum atomic E-state index is 12.7. The van der Waals surface area contributed by atoms with Gasteiger partial charge in [0.25, 0.3) is 11.8 Å². The van der Waals surface area contributed by atoms with Crippen molar-refractivity contribution in [2.75, 3.05) is 6.61 Å². The number of benzene rings is 2. The van der Waals surface area contributed by atoms with Crippen LogP contribution in [0.4, 0.5) is 0 Å². The highest BCUT2D eigenvalue weighted by Crippen LogP contribution is 2.32. The second kappa shape index (κ2) is 9.91. The minimum Gasteiger partial charge on any atom is -0.494 e. The lowest BCUT2D eigenvalue weighted by molar-refractivity contribution is -0.123. The molecule has 0 atom stereocenters. The first-order valence-corrected chi connectivity index (χ1v) is 10.7. The quantitative estimate of drug-likeness (QED) is 0.365. The predicted molar refractivity (Wildman–Crippen MR) is 121 cm³/mol. The Morgan fingerprint density at radius 3 is 2.76 bits per heavy atom. The topological polar surface area (TPSA) is 58.6 Å². The van der Waals surface area contributed by atoms with Crippen LogP contribution in [-0.4, -0.2) is 27.8 Å². The van der Waals surface area contributed by atoms with E-state index in [2.05, 4.69) is 12.3 Å². The molecule has 1 heterocycles. The lowest BCUT2D eigenvalue weighted by Gasteiger charge is -2.15. The first kappa shape index (κ1) is 21.4. The van der Waals surface area contributed by atoms with E-state index in [1.807, 2.05) is 24.3 Å². The molecule has 1 fully saturated rings. The molecule has 150 valence electrons. The second-order valence-electron chi connectivity index (χ2n) is 6.24. The Kier molecular flexibility index (Phi) is 7.30. The molecule has 1 saturated heterocycles. The monoisotopic (exact) mass is 446 g/mol. The van der Waals surface area contributed by atoms with Crippen LogP contribution in [-0.2, 0) is 4.79 Å². The van der Waals surface area contributed by atoms with E-state index in [1.165, 1.54) is 0 Å². The van der Waals surface area contributed by atoms with Crippen LogP contribution in [0.3, 0.4) is 0 Å². The van der Waals surface area contributed by atoms with Gasteiger partial charge in [-0.3, -0.25) is 15.0 Å². The van der Waals surface area contributed by atoms with Gasteiger partial charge in [-0.05, 0) is 66.7 Å². The van der Waals surface area contributed by atoms with Gasteiger partial charge in [0, 0.05) is 10.6 Å². The average molecular weight is 447 g/mol. The number of hydrazine groups is 1. The van der Waals surface area contributed by atoms with E-state index in [-0.39, 0.29) is 10.2 Å². The van der Waals surface area contributed by atoms with E-state index in [1.54, 1.807) is 30.3 Å². The number of rotatable bonds is 7. The molecule has 0 bridgehead atoms. The van der Waals surface area contributed by atoms with Crippen LogP contribution in [0.25, 0.3) is 6.08 Å². The average Bonchev–Trinajstić information content (AvgIpc) is 2.96. The highest BCUT2D eigenvalue weighted by molar-refractivity contribution is 8.26. The Morgan fingerprint density at radius 1 is 1.28 bits per heavy atom. The van der Waals surface area contributed by atoms with E-state index >= 15 is 0 Å². The summed E-state index contributed by atoms with van der Waals surface area (Å²) in [7, 11) is 0. The van der Waals surface area contributed by atoms with Crippen LogP contribution in [0, 0.1) is 0 Å². The van der Waals surface area contributed by atoms with Crippen LogP contribution in [0.2, 0.25) is 5.02 Å². The Labute approximate surface area is 184 Å². The molecule has 2 amide bonds. The summed E-state index contributed by atoms with van der Waals surface area (Å²) < 4.78 is 5.97. The predicted octanol–water partition coefficient (Wildman–Crippen LogP) is 5.07. The third-order valence-electron chi connectivity index (χ3n) is 4.04. The molecule has 0 unspecified atom stereocenters. The number of unbranched alkanes of at least 4 members (excludes halogenated alkanes) is 1. The summed E-state index contributed by atoms with van der Waals surface area (Å²) in [6.07, 6.45) is 3.78. The number of nitrogens with one attached hydrogen (secondary N) is 1. The van der Waals surface area contributed by atoms with Crippen molar-refractivity contribution in [1.29, 1.82) is 0 Å². The van der Waals surface area contributed by atoms with Crippen molar-refractivity contribution >= 4 is 57.8 Å². The molecule has 0 aliphatic carbocycles. The zero-order valence-electron chi connectivity index (χ0n) is 15.7. The fraction of sp³-hybridized carbons (Fsp3) is 0.190. The van der Waals surface area contributed by atoms with E-state index in [0.29, 0.717) is 22.1 Å². The molecule has 2 aromatic rings. The third kappa shape index (κ3) is 5.59. The number of hydrogen-bond acceptors (Lipinski definition) is 5. The molecule has 0 saturated carbocycles. The SMILES string of the molecule is CCCCOc1cccc(/C=C2/SC(=S)N(NC(=O)c3ccc(Cl)cc3)C2=O)c1. The van der Waals surface area contributed by atoms with Gasteiger partial charge in [0.2, 0.25) is 0 Å². The van der Waals surface area contributed by atoms with Gasteiger partial charge in [-0.2, -0.15) is 5.01 Å². The first-order valence-electron chi connectivity index (χ1n) is 9.05. The molecular weight excluding hydrogens is 428 g/mol. The number of carbonyl (C=O) groups is 2. The van der Waals surface area contributed by atoms with E-state index in [0.717, 1.165) is 40.9 Å². The Morgan fingerprint density at radius 2 is 2.03 bits per heavy atom. The number of amides is 2. The van der Waals surface area contributed by atoms with Gasteiger partial charge in [0.15, 0.2) is 4.32 Å². The fourth-order valence-corrected chi connectivity index (χ4v) is 3.82. The number of halogens is 1. The maximum absolute atomic E-state index is 12.7. The summed E-state index contributed by atoms with van der Waals surface area (Å²) in [5.41, 5.74) is 3.75. The lowest BCUT2D eigenvalue weighted by Crippen LogP contribution is -2.44. The highest BCUT2D eigenvalue weighted by atomic mass is 35.5. The normalized spacial score (nSPS) is 15.1. The largest absolute Gasteiger partial charge is 0.494 e. The Bertz CT molecular complexity index is 961. The zero-order chi connectivity index (χ0) is 20.8. The molecule has 0 aromatic heterocycles. The molecule has 0 radical (unpaired) electrons. The van der Waals surface area contributed by atoms with Gasteiger partial charge >= 0.3 is 0 Å². The zero-order valence-corrected chi connectivity index (χ0v) is 18.1. The molecule has 3 rings (SSSR count). The summed E-state index contributed by atoms with van der Waals surface area (Å²) in [6.45, 7) is 2.76. The van der Waals surface area contributed by atoms with Crippen molar-refractivity contribution < 1.29 is 14.3 Å². The Balaban J connectivity index is 1.70. The molecule has 1 N–H and O–H groups in total. The van der Waals surface area contributed by atoms with Gasteiger partial charge in [0.1, 0.15) is 5.75 Å². The van der Waals surface area contributed by atoms with Gasteiger partial charge < -0.3 is 4.74 Å². The molecule has 5 nitrogen and oxygen atoms in total. The van der Waals surface area contributed by atoms with Crippen molar-refractivity contribution in [3.63, 3.8) is 0 Å². The smallest absolute Gasteiger partial charge is 0.285 e. The number of thiocarbonyl (C=S) groups is 1. The number of nitrogens with zero attached hydrogens (tertiary/aromatic N) is 1. The number of carbonyl (C=O) groups excluding carboxylic acids is 2. The maximum Gasteiger partial charge on any atom is 0.285 e. The van der Waals surface area contributed by atoms with Crippen LogP contribution in [0.15, 0.2) is 53.4 Å². The number of ether oxygens (including phenoxy) is 1. The summed E-state index contributed by atoms with van der Waals surface area (Å²) >= 11 is 12.2. The van der Waals surface area contributed by atoms with Gasteiger partial charge in [0.05, 0.1) is 11.5 Å². The van der Waals surface area contributed by atoms with Gasteiger partial charge in [-0.1, -0.05) is 48.8 Å². The van der Waals surface area contributed by atoms with E-state index in [4.69, 9.17) is 28.6 Å². The van der Waals surface area contributed by atoms with Crippen molar-refractivity contribution in [2.45, 2.75) is 19.8 Å². The number of thioether (sulfide) groups is 1. The number of hydrogen-bond donors (Lipinski definition) is 1. The molecule has 1 aliphatic rings. The highest BCUT2D eigenvalue weighted by Gasteiger charge is 2.33. The van der Waals surface area contributed by atoms with Crippen LogP contribution >= 0.6 is 35.6 Å². The van der Waals surface area contributed by atoms with E-state index < -0.39 is 5.91 Å². The molecule has 29 heavy (non-hydrogen) atoms. The van der Waals surface area contributed by atoms with Crippen molar-refractivity contribution in [3.05, 3.63) is 69.6 Å². The summed E-state index contributed by atoms with van der Waals surface area (Å²) in [4.78, 5) is 25.5. The summed E-state index contributed by atoms with van der Waals surface area (Å²) in [5, 5.41) is 1.61. The van der Waals surface area contributed by atoms with Crippen LogP contribution in [0.5, 0.6) is 5.75 Å². The van der Waals surface area contributed by atoms with Gasteiger partial charge in [-0.15, -0.1) is 0 Å². The summed E-state index contributed by atoms with van der Waals surface area (Å²) in [5.74, 6) is -0.0659. The molecule has 2 aromatic carbocycles. The van der Waals surface area contributed by atoms with Crippen molar-refractivity contribution in [2.24, 2.45) is 0 Å². The first-order chi connectivity index (χ1) is 14.0. The fourth-order valence-electron chi connectivity index (χ4n) is 2.51. The third-order valence-corrected chi connectivity index (χ3v) is 5.59. The molecule has 1 aliphatic heterocycles.